The summed E-state index contributed by atoms with van der Waals surface area (Å²) in [5.41, 5.74) is 3.09. The minimum atomic E-state index is -0.372. The summed E-state index contributed by atoms with van der Waals surface area (Å²) in [6, 6.07) is 12.8. The molecule has 2 aromatic heterocycles. The summed E-state index contributed by atoms with van der Waals surface area (Å²) >= 11 is 0. The number of H-pyrrole nitrogens is 2. The number of aromatic nitrogens is 4. The van der Waals surface area contributed by atoms with E-state index < -0.39 is 0 Å². The maximum absolute atomic E-state index is 12.9. The second-order valence-corrected chi connectivity index (χ2v) is 5.75. The minimum Gasteiger partial charge on any atom is -0.496 e. The number of rotatable bonds is 5. The zero-order valence-corrected chi connectivity index (χ0v) is 14.7. The number of imidazole rings is 1. The molecule has 4 aromatic rings. The number of carbonyl (C=O) groups is 1. The van der Waals surface area contributed by atoms with Gasteiger partial charge in [0.05, 0.1) is 37.1 Å². The molecule has 0 aliphatic heterocycles. The normalized spacial score (nSPS) is 10.7. The van der Waals surface area contributed by atoms with Gasteiger partial charge in [0, 0.05) is 0 Å². The lowest BCUT2D eigenvalue weighted by atomic mass is 10.1. The van der Waals surface area contributed by atoms with E-state index in [1.165, 1.54) is 20.4 Å². The number of amides is 1. The molecule has 3 N–H and O–H groups in total. The van der Waals surface area contributed by atoms with Crippen molar-refractivity contribution in [1.82, 2.24) is 20.2 Å². The SMILES string of the molecule is COc1cccc(OC)c1C(=O)Nc1cn[nH]c1-c1nc2ccccc2[nH]1. The fourth-order valence-corrected chi connectivity index (χ4v) is 2.89. The van der Waals surface area contributed by atoms with E-state index in [4.69, 9.17) is 9.47 Å². The number of benzene rings is 2. The Hall–Kier alpha value is -3.81. The molecule has 0 fully saturated rings. The summed E-state index contributed by atoms with van der Waals surface area (Å²) < 4.78 is 10.6. The third-order valence-corrected chi connectivity index (χ3v) is 4.17. The van der Waals surface area contributed by atoms with Crippen LogP contribution in [0.25, 0.3) is 22.6 Å². The van der Waals surface area contributed by atoms with E-state index in [2.05, 4.69) is 25.5 Å². The first-order valence-electron chi connectivity index (χ1n) is 8.22. The average Bonchev–Trinajstić information content (AvgIpc) is 3.33. The fourth-order valence-electron chi connectivity index (χ4n) is 2.89. The Labute approximate surface area is 154 Å². The molecule has 136 valence electrons. The monoisotopic (exact) mass is 363 g/mol. The van der Waals surface area contributed by atoms with Crippen molar-refractivity contribution in [3.63, 3.8) is 0 Å². The second kappa shape index (κ2) is 6.83. The van der Waals surface area contributed by atoms with Gasteiger partial charge in [-0.05, 0) is 24.3 Å². The quantitative estimate of drug-likeness (QED) is 0.505. The van der Waals surface area contributed by atoms with Crippen molar-refractivity contribution >= 4 is 22.6 Å². The predicted octanol–water partition coefficient (Wildman–Crippen LogP) is 3.22. The number of aromatic amines is 2. The lowest BCUT2D eigenvalue weighted by molar-refractivity contribution is 0.102. The van der Waals surface area contributed by atoms with Gasteiger partial charge in [0.2, 0.25) is 0 Å². The van der Waals surface area contributed by atoms with Crippen LogP contribution < -0.4 is 14.8 Å². The van der Waals surface area contributed by atoms with E-state index in [-0.39, 0.29) is 5.91 Å². The van der Waals surface area contributed by atoms with Crippen LogP contribution in [-0.2, 0) is 0 Å². The Morgan fingerprint density at radius 1 is 1.04 bits per heavy atom. The van der Waals surface area contributed by atoms with E-state index in [1.807, 2.05) is 24.3 Å². The number of hydrogen-bond donors (Lipinski definition) is 3. The number of methoxy groups -OCH3 is 2. The summed E-state index contributed by atoms with van der Waals surface area (Å²) in [4.78, 5) is 20.6. The molecular formula is C19H17N5O3. The Morgan fingerprint density at radius 2 is 1.78 bits per heavy atom. The fraction of sp³-hybridized carbons (Fsp3) is 0.105. The Morgan fingerprint density at radius 3 is 2.48 bits per heavy atom. The lowest BCUT2D eigenvalue weighted by Gasteiger charge is -2.12. The molecule has 0 bridgehead atoms. The van der Waals surface area contributed by atoms with Crippen LogP contribution in [0.4, 0.5) is 5.69 Å². The number of nitrogens with one attached hydrogen (secondary N) is 3. The van der Waals surface area contributed by atoms with E-state index in [0.29, 0.717) is 34.3 Å². The van der Waals surface area contributed by atoms with Crippen LogP contribution in [-0.4, -0.2) is 40.3 Å². The lowest BCUT2D eigenvalue weighted by Crippen LogP contribution is -2.14. The first kappa shape index (κ1) is 16.6. The van der Waals surface area contributed by atoms with Gasteiger partial charge in [-0.3, -0.25) is 9.89 Å². The molecule has 4 rings (SSSR count). The van der Waals surface area contributed by atoms with Gasteiger partial charge in [0.15, 0.2) is 5.82 Å². The zero-order chi connectivity index (χ0) is 18.8. The number of nitrogens with zero attached hydrogens (tertiary/aromatic N) is 2. The summed E-state index contributed by atoms with van der Waals surface area (Å²) in [7, 11) is 3.01. The molecule has 0 atom stereocenters. The Kier molecular flexibility index (Phi) is 4.21. The molecule has 0 saturated heterocycles. The standard InChI is InChI=1S/C19H17N5O3/c1-26-14-8-5-9-15(27-2)16(14)19(25)23-13-10-20-24-17(13)18-21-11-6-3-4-7-12(11)22-18/h3-10H,1-2H3,(H,20,24)(H,21,22)(H,23,25). The van der Waals surface area contributed by atoms with Gasteiger partial charge < -0.3 is 19.8 Å². The highest BCUT2D eigenvalue weighted by molar-refractivity contribution is 6.09. The van der Waals surface area contributed by atoms with Gasteiger partial charge in [-0.15, -0.1) is 0 Å². The molecular weight excluding hydrogens is 346 g/mol. The number of hydrogen-bond acceptors (Lipinski definition) is 5. The molecule has 0 saturated carbocycles. The van der Waals surface area contributed by atoms with Gasteiger partial charge in [0.25, 0.3) is 5.91 Å². The molecule has 0 aliphatic rings. The van der Waals surface area contributed by atoms with Crippen LogP contribution in [0.15, 0.2) is 48.7 Å². The van der Waals surface area contributed by atoms with E-state index in [0.717, 1.165) is 11.0 Å². The van der Waals surface area contributed by atoms with Gasteiger partial charge in [-0.25, -0.2) is 4.98 Å². The van der Waals surface area contributed by atoms with Gasteiger partial charge in [-0.2, -0.15) is 5.10 Å². The average molecular weight is 363 g/mol. The zero-order valence-electron chi connectivity index (χ0n) is 14.7. The molecule has 2 heterocycles. The molecule has 8 nitrogen and oxygen atoms in total. The third-order valence-electron chi connectivity index (χ3n) is 4.17. The second-order valence-electron chi connectivity index (χ2n) is 5.75. The molecule has 0 unspecified atom stereocenters. The smallest absolute Gasteiger partial charge is 0.263 e. The number of fused-ring (bicyclic) bond motifs is 1. The van der Waals surface area contributed by atoms with Gasteiger partial charge in [-0.1, -0.05) is 18.2 Å². The number of anilines is 1. The number of para-hydroxylation sites is 2. The topological polar surface area (TPSA) is 105 Å². The minimum absolute atomic E-state index is 0.305. The maximum Gasteiger partial charge on any atom is 0.263 e. The highest BCUT2D eigenvalue weighted by Crippen LogP contribution is 2.31. The number of carbonyl (C=O) groups excluding carboxylic acids is 1. The summed E-state index contributed by atoms with van der Waals surface area (Å²) in [5, 5.41) is 9.76. The van der Waals surface area contributed by atoms with Crippen LogP contribution in [0.1, 0.15) is 10.4 Å². The van der Waals surface area contributed by atoms with Crippen LogP contribution in [0.2, 0.25) is 0 Å². The van der Waals surface area contributed by atoms with Crippen molar-refractivity contribution in [3.05, 3.63) is 54.2 Å². The van der Waals surface area contributed by atoms with Crippen LogP contribution in [0.5, 0.6) is 11.5 Å². The molecule has 0 spiro atoms. The predicted molar refractivity (Wildman–Crippen MR) is 101 cm³/mol. The first-order valence-corrected chi connectivity index (χ1v) is 8.22. The van der Waals surface area contributed by atoms with E-state index in [1.54, 1.807) is 18.2 Å². The van der Waals surface area contributed by atoms with E-state index in [9.17, 15) is 4.79 Å². The Bertz CT molecular complexity index is 1060. The summed E-state index contributed by atoms with van der Waals surface area (Å²) in [5.74, 6) is 1.04. The highest BCUT2D eigenvalue weighted by atomic mass is 16.5. The van der Waals surface area contributed by atoms with Crippen molar-refractivity contribution < 1.29 is 14.3 Å². The highest BCUT2D eigenvalue weighted by Gasteiger charge is 2.21. The van der Waals surface area contributed by atoms with Crippen molar-refractivity contribution in [2.45, 2.75) is 0 Å². The molecule has 0 aliphatic carbocycles. The summed E-state index contributed by atoms with van der Waals surface area (Å²) in [6.07, 6.45) is 1.53. The van der Waals surface area contributed by atoms with Crippen LogP contribution in [0.3, 0.4) is 0 Å². The molecule has 2 aromatic carbocycles. The van der Waals surface area contributed by atoms with Crippen molar-refractivity contribution in [3.8, 4) is 23.0 Å². The van der Waals surface area contributed by atoms with Gasteiger partial charge >= 0.3 is 0 Å². The number of ether oxygens (including phenoxy) is 2. The summed E-state index contributed by atoms with van der Waals surface area (Å²) in [6.45, 7) is 0. The van der Waals surface area contributed by atoms with Crippen LogP contribution >= 0.6 is 0 Å². The maximum atomic E-state index is 12.9. The van der Waals surface area contributed by atoms with Crippen LogP contribution in [0, 0.1) is 0 Å². The molecule has 1 amide bonds. The first-order chi connectivity index (χ1) is 13.2. The van der Waals surface area contributed by atoms with E-state index >= 15 is 0 Å². The Balaban J connectivity index is 1.69. The largest absolute Gasteiger partial charge is 0.496 e. The van der Waals surface area contributed by atoms with Crippen molar-refractivity contribution in [1.29, 1.82) is 0 Å². The molecule has 0 radical (unpaired) electrons. The molecule has 8 heteroatoms. The van der Waals surface area contributed by atoms with Crippen molar-refractivity contribution in [2.24, 2.45) is 0 Å². The van der Waals surface area contributed by atoms with Gasteiger partial charge in [0.1, 0.15) is 22.8 Å². The molecule has 27 heavy (non-hydrogen) atoms. The van der Waals surface area contributed by atoms with Crippen molar-refractivity contribution in [2.75, 3.05) is 19.5 Å². The third kappa shape index (κ3) is 2.97.